The Bertz CT molecular complexity index is 792. The summed E-state index contributed by atoms with van der Waals surface area (Å²) in [7, 11) is 0. The van der Waals surface area contributed by atoms with Crippen LogP contribution in [0.3, 0.4) is 0 Å². The summed E-state index contributed by atoms with van der Waals surface area (Å²) in [6.45, 7) is 0. The molecule has 0 aliphatic heterocycles. The summed E-state index contributed by atoms with van der Waals surface area (Å²) in [6.07, 6.45) is -4.55. The molecule has 4 nitrogen and oxygen atoms in total. The molecule has 0 saturated heterocycles. The van der Waals surface area contributed by atoms with Crippen molar-refractivity contribution in [2.75, 3.05) is 0 Å². The van der Waals surface area contributed by atoms with Gasteiger partial charge in [0.25, 0.3) is 0 Å². The first-order valence-electron chi connectivity index (χ1n) is 7.64. The molecule has 0 bridgehead atoms. The number of hydrogen-bond donors (Lipinski definition) is 2. The molecule has 2 aromatic rings. The monoisotopic (exact) mass is 476 g/mol. The van der Waals surface area contributed by atoms with E-state index in [0.717, 1.165) is 21.3 Å². The number of benzene rings is 2. The van der Waals surface area contributed by atoms with Crippen molar-refractivity contribution in [3.8, 4) is 0 Å². The molecule has 8 heteroatoms. The third-order valence-corrected chi connectivity index (χ3v) is 4.37. The van der Waals surface area contributed by atoms with Gasteiger partial charge in [0.05, 0.1) is 12.0 Å². The second-order valence-electron chi connectivity index (χ2n) is 5.73. The smallest absolute Gasteiger partial charge is 0.368 e. The van der Waals surface area contributed by atoms with Gasteiger partial charge in [-0.25, -0.2) is 0 Å². The van der Waals surface area contributed by atoms with Gasteiger partial charge < -0.3 is 11.1 Å². The zero-order valence-corrected chi connectivity index (χ0v) is 15.7. The van der Waals surface area contributed by atoms with E-state index in [0.29, 0.717) is 0 Å². The molecule has 26 heavy (non-hydrogen) atoms. The van der Waals surface area contributed by atoms with Crippen LogP contribution in [0.15, 0.2) is 48.5 Å². The molecular weight excluding hydrogens is 460 g/mol. The third kappa shape index (κ3) is 6.01. The van der Waals surface area contributed by atoms with Crippen molar-refractivity contribution in [2.24, 2.45) is 5.73 Å². The van der Waals surface area contributed by atoms with Crippen molar-refractivity contribution >= 4 is 34.4 Å². The van der Waals surface area contributed by atoms with Gasteiger partial charge >= 0.3 is 6.18 Å². The summed E-state index contributed by atoms with van der Waals surface area (Å²) in [5.74, 6) is -1.28. The number of primary amides is 1. The normalized spacial score (nSPS) is 12.5. The van der Waals surface area contributed by atoms with E-state index in [1.807, 2.05) is 24.3 Å². The van der Waals surface area contributed by atoms with Gasteiger partial charge in [-0.15, -0.1) is 0 Å². The number of nitrogens with two attached hydrogens (primary N) is 1. The Morgan fingerprint density at radius 1 is 1.08 bits per heavy atom. The van der Waals surface area contributed by atoms with Crippen LogP contribution in [0.2, 0.25) is 0 Å². The number of hydrogen-bond acceptors (Lipinski definition) is 2. The van der Waals surface area contributed by atoms with Crippen LogP contribution in [0.5, 0.6) is 0 Å². The Morgan fingerprint density at radius 2 is 1.73 bits per heavy atom. The Balaban J connectivity index is 2.04. The van der Waals surface area contributed by atoms with E-state index in [1.54, 1.807) is 0 Å². The average Bonchev–Trinajstić information content (AvgIpc) is 2.55. The lowest BCUT2D eigenvalue weighted by atomic mass is 10.0. The van der Waals surface area contributed by atoms with Crippen molar-refractivity contribution in [3.05, 3.63) is 68.8 Å². The summed E-state index contributed by atoms with van der Waals surface area (Å²) in [6, 6.07) is 10.9. The number of nitrogens with one attached hydrogen (secondary N) is 1. The lowest BCUT2D eigenvalue weighted by Gasteiger charge is -2.16. The van der Waals surface area contributed by atoms with E-state index in [4.69, 9.17) is 5.73 Å². The fraction of sp³-hybridized carbons (Fsp3) is 0.222. The minimum absolute atomic E-state index is 0.204. The van der Waals surface area contributed by atoms with Crippen LogP contribution >= 0.6 is 22.6 Å². The van der Waals surface area contributed by atoms with Gasteiger partial charge in [0.2, 0.25) is 11.8 Å². The molecule has 0 aliphatic carbocycles. The van der Waals surface area contributed by atoms with Crippen LogP contribution in [0.1, 0.15) is 16.7 Å². The molecule has 0 saturated carbocycles. The standard InChI is InChI=1S/C18H16F3IN2O2/c19-18(20,21)13-3-1-2-12(8-13)10-16(25)24-15(17(23)26)9-11-4-6-14(22)7-5-11/h1-8,15H,9-10H2,(H2,23,26)(H,24,25)/t15-/m0/s1. The maximum Gasteiger partial charge on any atom is 0.416 e. The summed E-state index contributed by atoms with van der Waals surface area (Å²) < 4.78 is 39.2. The molecule has 3 N–H and O–H groups in total. The highest BCUT2D eigenvalue weighted by Gasteiger charge is 2.30. The number of rotatable bonds is 6. The van der Waals surface area contributed by atoms with Crippen molar-refractivity contribution in [3.63, 3.8) is 0 Å². The van der Waals surface area contributed by atoms with E-state index in [-0.39, 0.29) is 18.4 Å². The predicted molar refractivity (Wildman–Crippen MR) is 99.1 cm³/mol. The van der Waals surface area contributed by atoms with Gasteiger partial charge in [-0.2, -0.15) is 13.2 Å². The molecule has 0 spiro atoms. The molecular formula is C18H16F3IN2O2. The molecule has 0 unspecified atom stereocenters. The van der Waals surface area contributed by atoms with Crippen LogP contribution < -0.4 is 11.1 Å². The highest BCUT2D eigenvalue weighted by molar-refractivity contribution is 14.1. The molecule has 0 radical (unpaired) electrons. The van der Waals surface area contributed by atoms with Crippen LogP contribution in [-0.4, -0.2) is 17.9 Å². The largest absolute Gasteiger partial charge is 0.416 e. The fourth-order valence-corrected chi connectivity index (χ4v) is 2.73. The van der Waals surface area contributed by atoms with Crippen molar-refractivity contribution < 1.29 is 22.8 Å². The van der Waals surface area contributed by atoms with Crippen LogP contribution in [0, 0.1) is 3.57 Å². The Kier molecular flexibility index (Phi) is 6.63. The number of halogens is 4. The van der Waals surface area contributed by atoms with Crippen LogP contribution in [0.4, 0.5) is 13.2 Å². The second-order valence-corrected chi connectivity index (χ2v) is 6.97. The number of amides is 2. The molecule has 2 rings (SSSR count). The molecule has 2 aromatic carbocycles. The summed E-state index contributed by atoms with van der Waals surface area (Å²) in [5.41, 5.74) is 5.52. The van der Waals surface area contributed by atoms with Crippen molar-refractivity contribution in [1.82, 2.24) is 5.32 Å². The second kappa shape index (κ2) is 8.52. The van der Waals surface area contributed by atoms with Gasteiger partial charge in [-0.3, -0.25) is 9.59 Å². The molecule has 0 heterocycles. The Morgan fingerprint density at radius 3 is 2.31 bits per heavy atom. The summed E-state index contributed by atoms with van der Waals surface area (Å²) in [5, 5.41) is 2.49. The minimum Gasteiger partial charge on any atom is -0.368 e. The van der Waals surface area contributed by atoms with E-state index in [2.05, 4.69) is 27.9 Å². The van der Waals surface area contributed by atoms with E-state index in [1.165, 1.54) is 12.1 Å². The Hall–Kier alpha value is -2.10. The maximum absolute atomic E-state index is 12.7. The molecule has 0 fully saturated rings. The van der Waals surface area contributed by atoms with Crippen molar-refractivity contribution in [2.45, 2.75) is 25.1 Å². The molecule has 0 aromatic heterocycles. The zero-order chi connectivity index (χ0) is 19.3. The average molecular weight is 476 g/mol. The fourth-order valence-electron chi connectivity index (χ4n) is 2.37. The quantitative estimate of drug-likeness (QED) is 0.630. The van der Waals surface area contributed by atoms with E-state index < -0.39 is 29.6 Å². The highest BCUT2D eigenvalue weighted by Crippen LogP contribution is 2.29. The first-order valence-corrected chi connectivity index (χ1v) is 8.72. The molecule has 0 aliphatic rings. The van der Waals surface area contributed by atoms with Crippen LogP contribution in [-0.2, 0) is 28.6 Å². The van der Waals surface area contributed by atoms with E-state index in [9.17, 15) is 22.8 Å². The predicted octanol–water partition coefficient (Wildman–Crippen LogP) is 3.07. The first-order chi connectivity index (χ1) is 12.1. The highest BCUT2D eigenvalue weighted by atomic mass is 127. The topological polar surface area (TPSA) is 72.2 Å². The Labute approximate surface area is 162 Å². The zero-order valence-electron chi connectivity index (χ0n) is 13.5. The number of carbonyl (C=O) groups is 2. The lowest BCUT2D eigenvalue weighted by molar-refractivity contribution is -0.137. The lowest BCUT2D eigenvalue weighted by Crippen LogP contribution is -2.46. The van der Waals surface area contributed by atoms with Gasteiger partial charge in [-0.05, 0) is 51.9 Å². The summed E-state index contributed by atoms with van der Waals surface area (Å²) in [4.78, 5) is 23.7. The third-order valence-electron chi connectivity index (χ3n) is 3.65. The van der Waals surface area contributed by atoms with Gasteiger partial charge in [-0.1, -0.05) is 30.3 Å². The van der Waals surface area contributed by atoms with Gasteiger partial charge in [0.1, 0.15) is 6.04 Å². The number of carbonyl (C=O) groups excluding carboxylic acids is 2. The van der Waals surface area contributed by atoms with Gasteiger partial charge in [0.15, 0.2) is 0 Å². The molecule has 1 atom stereocenters. The minimum atomic E-state index is -4.48. The van der Waals surface area contributed by atoms with Crippen molar-refractivity contribution in [1.29, 1.82) is 0 Å². The van der Waals surface area contributed by atoms with E-state index >= 15 is 0 Å². The first kappa shape index (κ1) is 20.2. The molecule has 2 amide bonds. The van der Waals surface area contributed by atoms with Gasteiger partial charge in [0, 0.05) is 9.99 Å². The summed E-state index contributed by atoms with van der Waals surface area (Å²) >= 11 is 2.14. The number of alkyl halides is 3. The molecule has 138 valence electrons. The SMILES string of the molecule is NC(=O)[C@H](Cc1ccc(I)cc1)NC(=O)Cc1cccc(C(F)(F)F)c1. The maximum atomic E-state index is 12.7. The van der Waals surface area contributed by atoms with Crippen LogP contribution in [0.25, 0.3) is 0 Å².